The average molecular weight is 1470 g/mol. The maximum atomic E-state index is 13.5. The summed E-state index contributed by atoms with van der Waals surface area (Å²) in [6.07, 6.45) is 51.9. The second-order valence-electron chi connectivity index (χ2n) is 31.4. The third-order valence-corrected chi connectivity index (χ3v) is 22.1. The van der Waals surface area contributed by atoms with Gasteiger partial charge in [-0.05, 0) is 38.5 Å². The second-order valence-corrected chi connectivity index (χ2v) is 31.4. The Bertz CT molecular complexity index is 1910. The fourth-order valence-electron chi connectivity index (χ4n) is 15.1. The van der Waals surface area contributed by atoms with E-state index in [4.69, 9.17) is 28.4 Å². The lowest BCUT2D eigenvalue weighted by Crippen LogP contribution is -2.66. The molecule has 3 saturated heterocycles. The fraction of sp³-hybridized carbons (Fsp3) is 0.964. The van der Waals surface area contributed by atoms with Crippen LogP contribution in [0, 0.1) is 0 Å². The Kier molecular flexibility index (Phi) is 60.7. The summed E-state index contributed by atoms with van der Waals surface area (Å²) in [6, 6.07) is -0.884. The largest absolute Gasteiger partial charge is 0.394 e. The van der Waals surface area contributed by atoms with Gasteiger partial charge < -0.3 is 89.9 Å². The lowest BCUT2D eigenvalue weighted by molar-refractivity contribution is -0.379. The van der Waals surface area contributed by atoms with Crippen LogP contribution in [0.3, 0.4) is 0 Å². The first-order chi connectivity index (χ1) is 50.3. The molecule has 0 radical (unpaired) electrons. The van der Waals surface area contributed by atoms with Gasteiger partial charge in [0.2, 0.25) is 5.91 Å². The first kappa shape index (κ1) is 95.7. The molecule has 1 amide bonds. The maximum Gasteiger partial charge on any atom is 0.220 e. The Morgan fingerprint density at radius 3 is 0.942 bits per heavy atom. The van der Waals surface area contributed by atoms with Crippen LogP contribution in [-0.2, 0) is 33.2 Å². The van der Waals surface area contributed by atoms with Crippen molar-refractivity contribution in [3.05, 3.63) is 12.2 Å². The zero-order valence-corrected chi connectivity index (χ0v) is 65.6. The first-order valence-corrected chi connectivity index (χ1v) is 43.4. The Labute approximate surface area is 626 Å². The number of nitrogens with one attached hydrogen (secondary N) is 1. The summed E-state index contributed by atoms with van der Waals surface area (Å²) >= 11 is 0. The molecular formula is C84H161NO18. The van der Waals surface area contributed by atoms with Crippen LogP contribution in [0.2, 0.25) is 0 Å². The number of aliphatic hydroxyl groups excluding tert-OH is 11. The summed E-state index contributed by atoms with van der Waals surface area (Å²) in [6.45, 7) is 1.87. The lowest BCUT2D eigenvalue weighted by atomic mass is 9.96. The fourth-order valence-corrected chi connectivity index (χ4v) is 15.1. The van der Waals surface area contributed by atoms with Gasteiger partial charge in [0.25, 0.3) is 0 Å². The number of ether oxygens (including phenoxy) is 6. The molecule has 0 aromatic rings. The molecule has 3 rings (SSSR count). The Hall–Kier alpha value is -1.47. The van der Waals surface area contributed by atoms with Crippen molar-refractivity contribution in [2.45, 2.75) is 491 Å². The molecule has 610 valence electrons. The average Bonchev–Trinajstić information content (AvgIpc) is 0.781. The summed E-state index contributed by atoms with van der Waals surface area (Å²) in [5.41, 5.74) is 0. The highest BCUT2D eigenvalue weighted by atomic mass is 16.8. The molecule has 0 aromatic heterocycles. The van der Waals surface area contributed by atoms with E-state index in [-0.39, 0.29) is 18.9 Å². The minimum Gasteiger partial charge on any atom is -0.394 e. The molecule has 3 heterocycles. The molecule has 3 aliphatic heterocycles. The Morgan fingerprint density at radius 2 is 0.612 bits per heavy atom. The van der Waals surface area contributed by atoms with Crippen LogP contribution >= 0.6 is 0 Å². The molecule has 17 unspecified atom stereocenters. The number of carbonyl (C=O) groups excluding carboxylic acids is 1. The SMILES string of the molecule is CCCCCCCCCC/C=C\CCCCCCCCCCCCCCCCCCCCCCCCCCCCCC(=O)NC(COC1OC(CO)C(OC2OC(CO)C(OC3OC(CO)C(O)C(O)C3O)C(O)C2O)C(O)C1O)C(O)CCCCCCCCCCCCCCCCCCCCC. The van der Waals surface area contributed by atoms with Crippen LogP contribution in [0.1, 0.15) is 386 Å². The van der Waals surface area contributed by atoms with Gasteiger partial charge >= 0.3 is 0 Å². The van der Waals surface area contributed by atoms with Crippen LogP contribution in [0.15, 0.2) is 12.2 Å². The number of carbonyl (C=O) groups is 1. The van der Waals surface area contributed by atoms with Gasteiger partial charge in [0, 0.05) is 6.42 Å². The molecule has 0 bridgehead atoms. The molecule has 3 fully saturated rings. The number of allylic oxidation sites excluding steroid dienone is 2. The molecule has 0 spiro atoms. The summed E-state index contributed by atoms with van der Waals surface area (Å²) < 4.78 is 34.5. The van der Waals surface area contributed by atoms with E-state index in [0.29, 0.717) is 12.8 Å². The van der Waals surface area contributed by atoms with E-state index in [2.05, 4.69) is 31.3 Å². The van der Waals surface area contributed by atoms with Gasteiger partial charge in [-0.2, -0.15) is 0 Å². The van der Waals surface area contributed by atoms with Crippen molar-refractivity contribution < 1.29 is 89.4 Å². The van der Waals surface area contributed by atoms with E-state index in [1.165, 1.54) is 308 Å². The van der Waals surface area contributed by atoms with Crippen molar-refractivity contribution in [1.82, 2.24) is 5.32 Å². The Balaban J connectivity index is 1.28. The van der Waals surface area contributed by atoms with E-state index < -0.39 is 124 Å². The highest BCUT2D eigenvalue weighted by Crippen LogP contribution is 2.34. The van der Waals surface area contributed by atoms with Crippen molar-refractivity contribution in [3.8, 4) is 0 Å². The zero-order chi connectivity index (χ0) is 74.6. The van der Waals surface area contributed by atoms with Crippen LogP contribution in [0.25, 0.3) is 0 Å². The Morgan fingerprint density at radius 1 is 0.340 bits per heavy atom. The van der Waals surface area contributed by atoms with E-state index >= 15 is 0 Å². The zero-order valence-electron chi connectivity index (χ0n) is 65.6. The molecule has 0 saturated carbocycles. The highest BCUT2D eigenvalue weighted by Gasteiger charge is 2.54. The molecule has 19 nitrogen and oxygen atoms in total. The summed E-state index contributed by atoms with van der Waals surface area (Å²) in [5, 5.41) is 121. The molecule has 19 heteroatoms. The minimum absolute atomic E-state index is 0.233. The first-order valence-electron chi connectivity index (χ1n) is 43.4. The predicted molar refractivity (Wildman–Crippen MR) is 411 cm³/mol. The van der Waals surface area contributed by atoms with E-state index in [0.717, 1.165) is 44.9 Å². The third-order valence-electron chi connectivity index (χ3n) is 22.1. The van der Waals surface area contributed by atoms with E-state index in [9.17, 15) is 61.0 Å². The lowest BCUT2D eigenvalue weighted by Gasteiger charge is -2.48. The number of aliphatic hydroxyl groups is 11. The number of hydrogen-bond acceptors (Lipinski definition) is 18. The van der Waals surface area contributed by atoms with Crippen molar-refractivity contribution in [3.63, 3.8) is 0 Å². The van der Waals surface area contributed by atoms with Gasteiger partial charge in [-0.1, -0.05) is 353 Å². The van der Waals surface area contributed by atoms with Gasteiger partial charge in [0.05, 0.1) is 38.6 Å². The normalized spacial score (nSPS) is 26.0. The van der Waals surface area contributed by atoms with Gasteiger partial charge in [-0.3, -0.25) is 4.79 Å². The topological polar surface area (TPSA) is 307 Å². The number of rotatable bonds is 71. The molecular weight excluding hydrogens is 1310 g/mol. The van der Waals surface area contributed by atoms with Gasteiger partial charge in [0.15, 0.2) is 18.9 Å². The molecule has 103 heavy (non-hydrogen) atoms. The van der Waals surface area contributed by atoms with E-state index in [1.54, 1.807) is 0 Å². The van der Waals surface area contributed by atoms with Crippen molar-refractivity contribution in [2.24, 2.45) is 0 Å². The quantitative estimate of drug-likeness (QED) is 0.0199. The summed E-state index contributed by atoms with van der Waals surface area (Å²) in [4.78, 5) is 13.5. The molecule has 17 atom stereocenters. The molecule has 0 aliphatic carbocycles. The van der Waals surface area contributed by atoms with Gasteiger partial charge in [-0.25, -0.2) is 0 Å². The standard InChI is InChI=1S/C84H161NO18/c1-3-5-7-9-11-13-15-17-19-21-23-24-25-26-27-28-29-30-31-32-33-34-35-36-37-38-39-40-41-42-44-46-48-50-52-54-56-58-60-62-72(90)85-67(68(89)61-59-57-55-53-51-49-47-45-43-22-20-18-16-14-12-10-8-6-4-2)66-98-82-78(96)75(93)80(70(64-87)100-82)103-84-79(97)76(94)81(71(65-88)101-84)102-83-77(95)74(92)73(91)69(63-86)99-83/h21,23,67-71,73-84,86-89,91-97H,3-20,22,24-66H2,1-2H3,(H,85,90)/b23-21-. The number of hydrogen-bond donors (Lipinski definition) is 12. The maximum absolute atomic E-state index is 13.5. The molecule has 12 N–H and O–H groups in total. The monoisotopic (exact) mass is 1470 g/mol. The van der Waals surface area contributed by atoms with Crippen LogP contribution < -0.4 is 5.32 Å². The summed E-state index contributed by atoms with van der Waals surface area (Å²) in [5.74, 6) is -0.233. The van der Waals surface area contributed by atoms with Crippen LogP contribution in [0.5, 0.6) is 0 Å². The van der Waals surface area contributed by atoms with Gasteiger partial charge in [0.1, 0.15) is 73.2 Å². The highest BCUT2D eigenvalue weighted by molar-refractivity contribution is 5.76. The van der Waals surface area contributed by atoms with Crippen LogP contribution in [-0.4, -0.2) is 193 Å². The number of amides is 1. The number of unbranched alkanes of at least 4 members (excludes halogenated alkanes) is 53. The van der Waals surface area contributed by atoms with Crippen molar-refractivity contribution >= 4 is 5.91 Å². The van der Waals surface area contributed by atoms with Gasteiger partial charge in [-0.15, -0.1) is 0 Å². The molecule has 0 aromatic carbocycles. The van der Waals surface area contributed by atoms with Crippen LogP contribution in [0.4, 0.5) is 0 Å². The predicted octanol–water partition coefficient (Wildman–Crippen LogP) is 15.5. The van der Waals surface area contributed by atoms with Crippen molar-refractivity contribution in [1.29, 1.82) is 0 Å². The smallest absolute Gasteiger partial charge is 0.220 e. The third kappa shape index (κ3) is 44.8. The van der Waals surface area contributed by atoms with E-state index in [1.807, 2.05) is 0 Å². The van der Waals surface area contributed by atoms with Crippen molar-refractivity contribution in [2.75, 3.05) is 26.4 Å². The second kappa shape index (κ2) is 65.3. The molecule has 3 aliphatic rings. The summed E-state index contributed by atoms with van der Waals surface area (Å²) in [7, 11) is 0. The minimum atomic E-state index is -1.97.